The zero-order valence-electron chi connectivity index (χ0n) is 15.3. The van der Waals surface area contributed by atoms with E-state index in [1.165, 1.54) is 11.8 Å². The second-order valence-electron chi connectivity index (χ2n) is 6.22. The smallest absolute Gasteiger partial charge is 0.234 e. The van der Waals surface area contributed by atoms with Crippen LogP contribution in [0, 0.1) is 0 Å². The van der Waals surface area contributed by atoms with Crippen LogP contribution in [0.4, 0.5) is 11.4 Å². The first-order chi connectivity index (χ1) is 14.0. The Morgan fingerprint density at radius 1 is 0.793 bits per heavy atom. The summed E-state index contributed by atoms with van der Waals surface area (Å²) in [6.45, 7) is 0. The van der Waals surface area contributed by atoms with Gasteiger partial charge in [-0.05, 0) is 66.2 Å². The third-order valence-corrected chi connectivity index (χ3v) is 5.71. The number of hydrogen-bond donors (Lipinski definition) is 2. The normalized spacial score (nSPS) is 10.4. The Bertz CT molecular complexity index is 977. The third kappa shape index (κ3) is 7.24. The van der Waals surface area contributed by atoms with Gasteiger partial charge in [-0.2, -0.15) is 0 Å². The molecule has 0 fully saturated rings. The number of rotatable bonds is 7. The number of carbonyl (C=O) groups excluding carboxylic acids is 2. The lowest BCUT2D eigenvalue weighted by atomic mass is 10.1. The molecule has 0 radical (unpaired) electrons. The molecule has 0 atom stereocenters. The van der Waals surface area contributed by atoms with Crippen LogP contribution in [-0.4, -0.2) is 17.6 Å². The largest absolute Gasteiger partial charge is 0.326 e. The molecule has 0 unspecified atom stereocenters. The summed E-state index contributed by atoms with van der Waals surface area (Å²) < 4.78 is 0.963. The van der Waals surface area contributed by atoms with E-state index < -0.39 is 0 Å². The van der Waals surface area contributed by atoms with E-state index in [1.54, 1.807) is 12.1 Å². The van der Waals surface area contributed by atoms with Gasteiger partial charge in [-0.1, -0.05) is 39.7 Å². The van der Waals surface area contributed by atoms with Gasteiger partial charge in [-0.3, -0.25) is 9.59 Å². The number of thioether (sulfide) groups is 1. The number of hydrogen-bond acceptors (Lipinski definition) is 3. The molecule has 3 rings (SSSR count). The van der Waals surface area contributed by atoms with Crippen LogP contribution in [0.15, 0.2) is 82.2 Å². The molecule has 148 valence electrons. The summed E-state index contributed by atoms with van der Waals surface area (Å²) >= 11 is 10.7. The van der Waals surface area contributed by atoms with Gasteiger partial charge in [0, 0.05) is 25.8 Å². The molecule has 0 aliphatic carbocycles. The summed E-state index contributed by atoms with van der Waals surface area (Å²) in [5, 5.41) is 6.37. The van der Waals surface area contributed by atoms with Crippen LogP contribution in [0.5, 0.6) is 0 Å². The van der Waals surface area contributed by atoms with Crippen molar-refractivity contribution in [2.24, 2.45) is 0 Å². The monoisotopic (exact) mass is 488 g/mol. The van der Waals surface area contributed by atoms with Crippen molar-refractivity contribution in [2.75, 3.05) is 16.4 Å². The molecule has 4 nitrogen and oxygen atoms in total. The fourth-order valence-electron chi connectivity index (χ4n) is 2.51. The fourth-order valence-corrected chi connectivity index (χ4v) is 3.60. The molecule has 7 heteroatoms. The number of amides is 2. The van der Waals surface area contributed by atoms with Crippen molar-refractivity contribution in [3.8, 4) is 0 Å². The SMILES string of the molecule is O=C(CSc1ccc(NC(=O)Cc2ccc(Cl)cc2)cc1)Nc1ccc(Br)cc1. The van der Waals surface area contributed by atoms with Gasteiger partial charge in [0.25, 0.3) is 0 Å². The molecule has 0 aromatic heterocycles. The van der Waals surface area contributed by atoms with Crippen LogP contribution in [-0.2, 0) is 16.0 Å². The highest BCUT2D eigenvalue weighted by Crippen LogP contribution is 2.21. The Labute approximate surface area is 187 Å². The lowest BCUT2D eigenvalue weighted by Gasteiger charge is -2.08. The van der Waals surface area contributed by atoms with Crippen LogP contribution in [0.1, 0.15) is 5.56 Å². The summed E-state index contributed by atoms with van der Waals surface area (Å²) in [7, 11) is 0. The quantitative estimate of drug-likeness (QED) is 0.399. The number of benzene rings is 3. The van der Waals surface area contributed by atoms with Crippen molar-refractivity contribution in [3.63, 3.8) is 0 Å². The van der Waals surface area contributed by atoms with Crippen LogP contribution >= 0.6 is 39.3 Å². The lowest BCUT2D eigenvalue weighted by molar-refractivity contribution is -0.115. The highest BCUT2D eigenvalue weighted by atomic mass is 79.9. The van der Waals surface area contributed by atoms with E-state index in [0.717, 1.165) is 20.6 Å². The summed E-state index contributed by atoms with van der Waals surface area (Å²) in [5.41, 5.74) is 2.38. The second-order valence-corrected chi connectivity index (χ2v) is 8.62. The highest BCUT2D eigenvalue weighted by Gasteiger charge is 2.06. The van der Waals surface area contributed by atoms with Gasteiger partial charge >= 0.3 is 0 Å². The van der Waals surface area contributed by atoms with Crippen molar-refractivity contribution in [3.05, 3.63) is 87.9 Å². The van der Waals surface area contributed by atoms with Crippen molar-refractivity contribution in [1.82, 2.24) is 0 Å². The summed E-state index contributed by atoms with van der Waals surface area (Å²) in [6.07, 6.45) is 0.282. The fraction of sp³-hybridized carbons (Fsp3) is 0.0909. The molecule has 0 aliphatic heterocycles. The van der Waals surface area contributed by atoms with Crippen molar-refractivity contribution in [1.29, 1.82) is 0 Å². The van der Waals surface area contributed by atoms with Crippen molar-refractivity contribution in [2.45, 2.75) is 11.3 Å². The van der Waals surface area contributed by atoms with E-state index >= 15 is 0 Å². The Morgan fingerprint density at radius 3 is 1.97 bits per heavy atom. The lowest BCUT2D eigenvalue weighted by Crippen LogP contribution is -2.14. The average molecular weight is 490 g/mol. The molecule has 0 saturated heterocycles. The molecule has 2 amide bonds. The number of nitrogens with one attached hydrogen (secondary N) is 2. The van der Waals surface area contributed by atoms with Gasteiger partial charge in [0.2, 0.25) is 11.8 Å². The predicted octanol–water partition coefficient (Wildman–Crippen LogP) is 6.01. The predicted molar refractivity (Wildman–Crippen MR) is 124 cm³/mol. The first-order valence-electron chi connectivity index (χ1n) is 8.80. The Hall–Kier alpha value is -2.28. The molecular weight excluding hydrogens is 472 g/mol. The molecule has 0 aliphatic rings. The minimum atomic E-state index is -0.0957. The van der Waals surface area contributed by atoms with Gasteiger partial charge in [0.15, 0.2) is 0 Å². The van der Waals surface area contributed by atoms with Crippen LogP contribution < -0.4 is 10.6 Å². The minimum Gasteiger partial charge on any atom is -0.326 e. The first-order valence-corrected chi connectivity index (χ1v) is 11.0. The van der Waals surface area contributed by atoms with Crippen LogP contribution in [0.3, 0.4) is 0 Å². The molecule has 29 heavy (non-hydrogen) atoms. The highest BCUT2D eigenvalue weighted by molar-refractivity contribution is 9.10. The standard InChI is InChI=1S/C22H18BrClN2O2S/c23-16-3-7-18(8-4-16)26-22(28)14-29-20-11-9-19(10-12-20)25-21(27)13-15-1-5-17(24)6-2-15/h1-12H,13-14H2,(H,25,27)(H,26,28). The summed E-state index contributed by atoms with van der Waals surface area (Å²) in [5.74, 6) is 0.137. The summed E-state index contributed by atoms with van der Waals surface area (Å²) in [4.78, 5) is 25.2. The molecule has 2 N–H and O–H groups in total. The minimum absolute atomic E-state index is 0.0716. The van der Waals surface area contributed by atoms with Gasteiger partial charge < -0.3 is 10.6 Å². The second kappa shape index (κ2) is 10.5. The molecule has 3 aromatic rings. The first kappa shape index (κ1) is 21.4. The maximum absolute atomic E-state index is 12.2. The maximum Gasteiger partial charge on any atom is 0.234 e. The van der Waals surface area contributed by atoms with E-state index in [9.17, 15) is 9.59 Å². The van der Waals surface area contributed by atoms with Crippen LogP contribution in [0.25, 0.3) is 0 Å². The molecule has 0 heterocycles. The Balaban J connectivity index is 1.45. The zero-order valence-corrected chi connectivity index (χ0v) is 18.5. The zero-order chi connectivity index (χ0) is 20.6. The number of anilines is 2. The van der Waals surface area contributed by atoms with Gasteiger partial charge in [0.05, 0.1) is 12.2 Å². The maximum atomic E-state index is 12.2. The van der Waals surface area contributed by atoms with Crippen molar-refractivity contribution < 1.29 is 9.59 Å². The average Bonchev–Trinajstić information content (AvgIpc) is 2.71. The molecule has 3 aromatic carbocycles. The van der Waals surface area contributed by atoms with E-state index in [2.05, 4.69) is 26.6 Å². The molecule has 0 spiro atoms. The molecule has 0 bridgehead atoms. The Kier molecular flexibility index (Phi) is 7.75. The van der Waals surface area contributed by atoms with Gasteiger partial charge in [0.1, 0.15) is 0 Å². The topological polar surface area (TPSA) is 58.2 Å². The van der Waals surface area contributed by atoms with E-state index in [4.69, 9.17) is 11.6 Å². The van der Waals surface area contributed by atoms with Crippen LogP contribution in [0.2, 0.25) is 5.02 Å². The summed E-state index contributed by atoms with van der Waals surface area (Å²) in [6, 6.07) is 22.1. The van der Waals surface area contributed by atoms with Gasteiger partial charge in [-0.15, -0.1) is 11.8 Å². The molecular formula is C22H18BrClN2O2S. The third-order valence-electron chi connectivity index (χ3n) is 3.91. The van der Waals surface area contributed by atoms with Crippen molar-refractivity contribution >= 4 is 62.5 Å². The van der Waals surface area contributed by atoms with E-state index in [-0.39, 0.29) is 18.2 Å². The molecule has 0 saturated carbocycles. The van der Waals surface area contributed by atoms with Gasteiger partial charge in [-0.25, -0.2) is 0 Å². The van der Waals surface area contributed by atoms with E-state index in [0.29, 0.717) is 16.5 Å². The van der Waals surface area contributed by atoms with E-state index in [1.807, 2.05) is 60.7 Å². The number of halogens is 2. The number of carbonyl (C=O) groups is 2. The Morgan fingerprint density at radius 2 is 1.34 bits per heavy atom.